The number of hydrogen-bond donors (Lipinski definition) is 1. The lowest BCUT2D eigenvalue weighted by Gasteiger charge is -2.09. The number of nitrogens with zero attached hydrogens (tertiary/aromatic N) is 2. The number of carbonyl (C=O) groups excluding carboxylic acids is 1. The zero-order chi connectivity index (χ0) is 17.6. The maximum atomic E-state index is 13.6. The third-order valence-corrected chi connectivity index (χ3v) is 4.49. The van der Waals surface area contributed by atoms with Crippen LogP contribution >= 0.6 is 11.8 Å². The van der Waals surface area contributed by atoms with Gasteiger partial charge in [-0.1, -0.05) is 35.1 Å². The molecule has 0 bridgehead atoms. The van der Waals surface area contributed by atoms with Gasteiger partial charge in [-0.05, 0) is 25.1 Å². The van der Waals surface area contributed by atoms with Crippen LogP contribution < -0.4 is 5.32 Å². The van der Waals surface area contributed by atoms with Gasteiger partial charge in [0.1, 0.15) is 16.6 Å². The van der Waals surface area contributed by atoms with Gasteiger partial charge in [-0.3, -0.25) is 4.79 Å². The molecule has 1 amide bonds. The third kappa shape index (κ3) is 4.45. The van der Waals surface area contributed by atoms with Crippen molar-refractivity contribution in [1.29, 1.82) is 0 Å². The van der Waals surface area contributed by atoms with E-state index >= 15 is 0 Å². The van der Waals surface area contributed by atoms with Crippen molar-refractivity contribution in [2.75, 3.05) is 0 Å². The molecule has 0 aliphatic heterocycles. The van der Waals surface area contributed by atoms with Gasteiger partial charge in [0.15, 0.2) is 0 Å². The number of thioether (sulfide) groups is 1. The summed E-state index contributed by atoms with van der Waals surface area (Å²) in [4.78, 5) is 16.7. The minimum Gasteiger partial charge on any atom is -0.361 e. The van der Waals surface area contributed by atoms with Crippen molar-refractivity contribution in [3.63, 3.8) is 0 Å². The molecule has 0 radical (unpaired) electrons. The van der Waals surface area contributed by atoms with E-state index in [1.54, 1.807) is 36.5 Å². The molecule has 2 heterocycles. The molecule has 3 aromatic rings. The van der Waals surface area contributed by atoms with Crippen molar-refractivity contribution in [2.45, 2.75) is 24.2 Å². The molecule has 0 unspecified atom stereocenters. The fourth-order valence-corrected chi connectivity index (χ4v) is 3.09. The average molecular weight is 357 g/mol. The first kappa shape index (κ1) is 17.2. The van der Waals surface area contributed by atoms with E-state index in [-0.39, 0.29) is 18.3 Å². The Morgan fingerprint density at radius 1 is 1.28 bits per heavy atom. The second-order valence-electron chi connectivity index (χ2n) is 5.35. The largest absolute Gasteiger partial charge is 0.361 e. The number of hydrogen-bond acceptors (Lipinski definition) is 5. The second-order valence-corrected chi connectivity index (χ2v) is 6.31. The van der Waals surface area contributed by atoms with Crippen LogP contribution in [0.1, 0.15) is 27.4 Å². The van der Waals surface area contributed by atoms with Gasteiger partial charge in [0.25, 0.3) is 5.91 Å². The number of halogens is 1. The summed E-state index contributed by atoms with van der Waals surface area (Å²) in [5.41, 5.74) is 1.67. The zero-order valence-corrected chi connectivity index (χ0v) is 14.3. The van der Waals surface area contributed by atoms with Crippen LogP contribution in [0.4, 0.5) is 4.39 Å². The monoisotopic (exact) mass is 357 g/mol. The number of rotatable bonds is 6. The van der Waals surface area contributed by atoms with E-state index in [1.165, 1.54) is 17.8 Å². The molecule has 25 heavy (non-hydrogen) atoms. The van der Waals surface area contributed by atoms with Gasteiger partial charge in [0.05, 0.1) is 11.3 Å². The maximum Gasteiger partial charge on any atom is 0.254 e. The molecule has 0 aliphatic carbocycles. The van der Waals surface area contributed by atoms with Crippen molar-refractivity contribution in [3.8, 4) is 0 Å². The highest BCUT2D eigenvalue weighted by Crippen LogP contribution is 2.24. The first-order valence-corrected chi connectivity index (χ1v) is 8.63. The number of aromatic nitrogens is 2. The van der Waals surface area contributed by atoms with Crippen LogP contribution in [0.25, 0.3) is 0 Å². The SMILES string of the molecule is Cc1cc(CSc2ncccc2C(=O)NCc2ccccc2F)no1. The van der Waals surface area contributed by atoms with Crippen molar-refractivity contribution in [2.24, 2.45) is 0 Å². The molecular formula is C18H16FN3O2S. The summed E-state index contributed by atoms with van der Waals surface area (Å²) in [7, 11) is 0. The first-order chi connectivity index (χ1) is 12.1. The van der Waals surface area contributed by atoms with Gasteiger partial charge in [-0.25, -0.2) is 9.37 Å². The molecule has 128 valence electrons. The molecule has 5 nitrogen and oxygen atoms in total. The highest BCUT2D eigenvalue weighted by atomic mass is 32.2. The zero-order valence-electron chi connectivity index (χ0n) is 13.5. The van der Waals surface area contributed by atoms with Gasteiger partial charge in [-0.2, -0.15) is 0 Å². The number of amides is 1. The van der Waals surface area contributed by atoms with Gasteiger partial charge in [0, 0.05) is 30.1 Å². The minimum absolute atomic E-state index is 0.118. The fraction of sp³-hybridized carbons (Fsp3) is 0.167. The number of benzene rings is 1. The molecular weight excluding hydrogens is 341 g/mol. The van der Waals surface area contributed by atoms with E-state index in [2.05, 4.69) is 15.5 Å². The summed E-state index contributed by atoms with van der Waals surface area (Å²) >= 11 is 1.40. The highest BCUT2D eigenvalue weighted by Gasteiger charge is 2.14. The van der Waals surface area contributed by atoms with Crippen molar-refractivity contribution < 1.29 is 13.7 Å². The van der Waals surface area contributed by atoms with Crippen LogP contribution in [0.15, 0.2) is 58.2 Å². The summed E-state index contributed by atoms with van der Waals surface area (Å²) in [6.45, 7) is 1.94. The number of pyridine rings is 1. The quantitative estimate of drug-likeness (QED) is 0.681. The van der Waals surface area contributed by atoms with Crippen LogP contribution in [0.5, 0.6) is 0 Å². The lowest BCUT2D eigenvalue weighted by molar-refractivity contribution is 0.0947. The third-order valence-electron chi connectivity index (χ3n) is 3.45. The number of aryl methyl sites for hydroxylation is 1. The van der Waals surface area contributed by atoms with E-state index in [0.717, 1.165) is 11.5 Å². The molecule has 3 rings (SSSR count). The standard InChI is InChI=1S/C18H16FN3O2S/c1-12-9-14(22-24-12)11-25-18-15(6-4-8-20-18)17(23)21-10-13-5-2-3-7-16(13)19/h2-9H,10-11H2,1H3,(H,21,23). The molecule has 0 saturated carbocycles. The van der Waals surface area contributed by atoms with Crippen molar-refractivity contribution in [1.82, 2.24) is 15.5 Å². The van der Waals surface area contributed by atoms with E-state index < -0.39 is 0 Å². The minimum atomic E-state index is -0.343. The predicted molar refractivity (Wildman–Crippen MR) is 92.6 cm³/mol. The Labute approximate surface area is 148 Å². The summed E-state index contributed by atoms with van der Waals surface area (Å²) in [5.74, 6) is 0.640. The summed E-state index contributed by atoms with van der Waals surface area (Å²) in [5, 5.41) is 7.25. The predicted octanol–water partition coefficient (Wildman–Crippen LogP) is 3.74. The summed E-state index contributed by atoms with van der Waals surface area (Å²) < 4.78 is 18.7. The molecule has 0 spiro atoms. The normalized spacial score (nSPS) is 10.6. The van der Waals surface area contributed by atoms with E-state index in [1.807, 2.05) is 13.0 Å². The van der Waals surface area contributed by atoms with E-state index in [9.17, 15) is 9.18 Å². The van der Waals surface area contributed by atoms with E-state index in [4.69, 9.17) is 4.52 Å². The highest BCUT2D eigenvalue weighted by molar-refractivity contribution is 7.98. The van der Waals surface area contributed by atoms with Crippen LogP contribution in [-0.4, -0.2) is 16.0 Å². The van der Waals surface area contributed by atoms with Crippen molar-refractivity contribution in [3.05, 3.63) is 77.1 Å². The second kappa shape index (κ2) is 7.94. The molecule has 1 N–H and O–H groups in total. The van der Waals surface area contributed by atoms with Crippen molar-refractivity contribution >= 4 is 17.7 Å². The van der Waals surface area contributed by atoms with Crippen LogP contribution in [0.3, 0.4) is 0 Å². The first-order valence-electron chi connectivity index (χ1n) is 7.65. The average Bonchev–Trinajstić information content (AvgIpc) is 3.04. The summed E-state index contributed by atoms with van der Waals surface area (Å²) in [6, 6.07) is 11.6. The smallest absolute Gasteiger partial charge is 0.254 e. The molecule has 1 aromatic carbocycles. The van der Waals surface area contributed by atoms with Gasteiger partial charge in [0.2, 0.25) is 0 Å². The molecule has 0 fully saturated rings. The molecule has 7 heteroatoms. The Kier molecular flexibility index (Phi) is 5.45. The Balaban J connectivity index is 1.67. The molecule has 0 aliphatic rings. The number of nitrogens with one attached hydrogen (secondary N) is 1. The molecule has 2 aromatic heterocycles. The van der Waals surface area contributed by atoms with Gasteiger partial charge >= 0.3 is 0 Å². The Bertz CT molecular complexity index is 882. The lowest BCUT2D eigenvalue weighted by atomic mass is 10.2. The molecule has 0 atom stereocenters. The Morgan fingerprint density at radius 2 is 2.12 bits per heavy atom. The Hall–Kier alpha value is -2.67. The maximum absolute atomic E-state index is 13.6. The van der Waals surface area contributed by atoms with Gasteiger partial charge in [-0.15, -0.1) is 0 Å². The fourth-order valence-electron chi connectivity index (χ4n) is 2.22. The Morgan fingerprint density at radius 3 is 2.88 bits per heavy atom. The van der Waals surface area contributed by atoms with Crippen LogP contribution in [-0.2, 0) is 12.3 Å². The topological polar surface area (TPSA) is 68.0 Å². The van der Waals surface area contributed by atoms with E-state index in [0.29, 0.717) is 21.9 Å². The van der Waals surface area contributed by atoms with Crippen LogP contribution in [0.2, 0.25) is 0 Å². The lowest BCUT2D eigenvalue weighted by Crippen LogP contribution is -2.24. The number of carbonyl (C=O) groups is 1. The summed E-state index contributed by atoms with van der Waals surface area (Å²) in [6.07, 6.45) is 1.63. The molecule has 0 saturated heterocycles. The van der Waals surface area contributed by atoms with Crippen LogP contribution in [0, 0.1) is 12.7 Å². The van der Waals surface area contributed by atoms with Gasteiger partial charge < -0.3 is 9.84 Å².